The van der Waals surface area contributed by atoms with Gasteiger partial charge in [0.05, 0.1) is 19.8 Å². The van der Waals surface area contributed by atoms with Crippen LogP contribution in [0.3, 0.4) is 0 Å². The molecule has 1 aliphatic heterocycles. The van der Waals surface area contributed by atoms with Crippen molar-refractivity contribution in [2.24, 2.45) is 0 Å². The van der Waals surface area contributed by atoms with Gasteiger partial charge >= 0.3 is 0 Å². The predicted molar refractivity (Wildman–Crippen MR) is 143 cm³/mol. The lowest BCUT2D eigenvalue weighted by Crippen LogP contribution is -2.36. The second kappa shape index (κ2) is 12.0. The molecule has 0 unspecified atom stereocenters. The van der Waals surface area contributed by atoms with Crippen molar-refractivity contribution in [2.45, 2.75) is 0 Å². The lowest BCUT2D eigenvalue weighted by Gasteiger charge is -2.30. The van der Waals surface area contributed by atoms with E-state index >= 15 is 0 Å². The van der Waals surface area contributed by atoms with E-state index in [9.17, 15) is 4.79 Å². The van der Waals surface area contributed by atoms with Gasteiger partial charge in [-0.2, -0.15) is 4.98 Å². The molecule has 9 nitrogen and oxygen atoms in total. The zero-order valence-electron chi connectivity index (χ0n) is 20.8. The monoisotopic (exact) mass is 510 g/mol. The summed E-state index contributed by atoms with van der Waals surface area (Å²) in [6.45, 7) is 3.78. The minimum atomic E-state index is -0.0828. The molecular formula is C26H31ClN6O3. The van der Waals surface area contributed by atoms with Crippen molar-refractivity contribution in [3.05, 3.63) is 65.3 Å². The Labute approximate surface area is 216 Å². The minimum absolute atomic E-state index is 0.0828. The Balaban J connectivity index is 1.61. The molecule has 1 amide bonds. The number of carbonyl (C=O) groups excluding carboxylic acids is 1. The largest absolute Gasteiger partial charge is 0.383 e. The summed E-state index contributed by atoms with van der Waals surface area (Å²) >= 11 is 6.16. The van der Waals surface area contributed by atoms with Crippen LogP contribution in [0.25, 0.3) is 0 Å². The van der Waals surface area contributed by atoms with Crippen molar-refractivity contribution in [3.8, 4) is 0 Å². The zero-order chi connectivity index (χ0) is 25.5. The van der Waals surface area contributed by atoms with Crippen LogP contribution in [0.1, 0.15) is 10.4 Å². The van der Waals surface area contributed by atoms with Gasteiger partial charge in [0.15, 0.2) is 0 Å². The number of carbonyl (C=O) groups is 1. The summed E-state index contributed by atoms with van der Waals surface area (Å²) in [6.07, 6.45) is 1.70. The molecule has 0 bridgehead atoms. The fraction of sp³-hybridized carbons (Fsp3) is 0.346. The van der Waals surface area contributed by atoms with Crippen molar-refractivity contribution in [3.63, 3.8) is 0 Å². The first-order valence-corrected chi connectivity index (χ1v) is 12.1. The van der Waals surface area contributed by atoms with Crippen LogP contribution >= 0.6 is 11.6 Å². The van der Waals surface area contributed by atoms with E-state index in [2.05, 4.69) is 20.2 Å². The first kappa shape index (κ1) is 25.7. The second-order valence-electron chi connectivity index (χ2n) is 8.49. The Morgan fingerprint density at radius 2 is 1.97 bits per heavy atom. The molecule has 4 rings (SSSR count). The van der Waals surface area contributed by atoms with Gasteiger partial charge in [-0.1, -0.05) is 17.7 Å². The van der Waals surface area contributed by atoms with E-state index < -0.39 is 0 Å². The Morgan fingerprint density at radius 3 is 2.72 bits per heavy atom. The van der Waals surface area contributed by atoms with E-state index in [-0.39, 0.29) is 5.91 Å². The molecule has 1 N–H and O–H groups in total. The number of amides is 1. The van der Waals surface area contributed by atoms with E-state index in [1.807, 2.05) is 60.5 Å². The summed E-state index contributed by atoms with van der Waals surface area (Å²) in [5, 5.41) is 3.94. The number of benzene rings is 2. The maximum absolute atomic E-state index is 13.2. The molecule has 1 saturated heterocycles. The summed E-state index contributed by atoms with van der Waals surface area (Å²) in [5.74, 6) is 1.04. The van der Waals surface area contributed by atoms with Crippen LogP contribution in [0.4, 0.5) is 28.8 Å². The molecule has 10 heteroatoms. The fourth-order valence-corrected chi connectivity index (χ4v) is 4.09. The molecule has 0 aliphatic carbocycles. The summed E-state index contributed by atoms with van der Waals surface area (Å²) in [4.78, 5) is 28.1. The second-order valence-corrected chi connectivity index (χ2v) is 8.93. The first-order valence-electron chi connectivity index (χ1n) is 11.8. The molecule has 2 heterocycles. The SMILES string of the molecule is COCCN(C)C(=O)c1cc(Nc2nccc(N(C)c3cccc(Cl)c3)n2)cc(N2CCOCC2)c1. The Morgan fingerprint density at radius 1 is 1.17 bits per heavy atom. The highest BCUT2D eigenvalue weighted by molar-refractivity contribution is 6.30. The molecule has 190 valence electrons. The fourth-order valence-electron chi connectivity index (χ4n) is 3.90. The average Bonchev–Trinajstić information content (AvgIpc) is 2.91. The highest BCUT2D eigenvalue weighted by Crippen LogP contribution is 2.28. The van der Waals surface area contributed by atoms with Crippen molar-refractivity contribution in [2.75, 3.05) is 75.8 Å². The van der Waals surface area contributed by atoms with Crippen molar-refractivity contribution in [1.82, 2.24) is 14.9 Å². The number of morpholine rings is 1. The molecular weight excluding hydrogens is 480 g/mol. The molecule has 0 spiro atoms. The smallest absolute Gasteiger partial charge is 0.253 e. The molecule has 36 heavy (non-hydrogen) atoms. The van der Waals surface area contributed by atoms with Gasteiger partial charge in [0.25, 0.3) is 5.91 Å². The van der Waals surface area contributed by atoms with Gasteiger partial charge in [0, 0.05) is 74.7 Å². The Kier molecular flexibility index (Phi) is 8.58. The van der Waals surface area contributed by atoms with Gasteiger partial charge in [-0.25, -0.2) is 4.98 Å². The molecule has 0 saturated carbocycles. The number of hydrogen-bond acceptors (Lipinski definition) is 8. The number of rotatable bonds is 9. The number of methoxy groups -OCH3 is 1. The highest BCUT2D eigenvalue weighted by atomic mass is 35.5. The van der Waals surface area contributed by atoms with Crippen molar-refractivity contribution < 1.29 is 14.3 Å². The first-order chi connectivity index (χ1) is 17.4. The van der Waals surface area contributed by atoms with E-state index in [1.165, 1.54) is 0 Å². The number of nitrogens with zero attached hydrogens (tertiary/aromatic N) is 5. The van der Waals surface area contributed by atoms with Crippen molar-refractivity contribution in [1.29, 1.82) is 0 Å². The third-order valence-corrected chi connectivity index (χ3v) is 6.19. The number of halogens is 1. The van der Waals surface area contributed by atoms with E-state index in [0.29, 0.717) is 48.7 Å². The van der Waals surface area contributed by atoms with Crippen LogP contribution in [0, 0.1) is 0 Å². The standard InChI is InChI=1S/C26H31ClN6O3/c1-31(9-12-35-3)25(34)19-15-21(18-23(16-19)33-10-13-36-14-11-33)29-26-28-8-7-24(30-26)32(2)22-6-4-5-20(27)17-22/h4-8,15-18H,9-14H2,1-3H3,(H,28,29,30). The number of hydrogen-bond donors (Lipinski definition) is 1. The molecule has 2 aromatic carbocycles. The van der Waals surface area contributed by atoms with Crippen LogP contribution in [-0.2, 0) is 9.47 Å². The quantitative estimate of drug-likeness (QED) is 0.458. The Bertz CT molecular complexity index is 1190. The van der Waals surface area contributed by atoms with Gasteiger partial charge in [0.1, 0.15) is 5.82 Å². The third-order valence-electron chi connectivity index (χ3n) is 5.95. The highest BCUT2D eigenvalue weighted by Gasteiger charge is 2.18. The number of ether oxygens (including phenoxy) is 2. The van der Waals surface area contributed by atoms with Crippen LogP contribution in [0.5, 0.6) is 0 Å². The summed E-state index contributed by atoms with van der Waals surface area (Å²) < 4.78 is 10.6. The predicted octanol–water partition coefficient (Wildman–Crippen LogP) is 4.20. The normalized spacial score (nSPS) is 13.4. The number of anilines is 5. The lowest BCUT2D eigenvalue weighted by atomic mass is 10.1. The Hall–Kier alpha value is -3.40. The van der Waals surface area contributed by atoms with E-state index in [4.69, 9.17) is 21.1 Å². The van der Waals surface area contributed by atoms with Gasteiger partial charge < -0.3 is 29.5 Å². The molecule has 0 atom stereocenters. The molecule has 3 aromatic rings. The van der Waals surface area contributed by atoms with Crippen LogP contribution < -0.4 is 15.1 Å². The zero-order valence-corrected chi connectivity index (χ0v) is 21.5. The number of likely N-dealkylation sites (N-methyl/N-ethyl adjacent to an activating group) is 1. The van der Waals surface area contributed by atoms with Crippen LogP contribution in [0.2, 0.25) is 5.02 Å². The van der Waals surface area contributed by atoms with E-state index in [0.717, 1.165) is 30.2 Å². The van der Waals surface area contributed by atoms with Crippen LogP contribution in [0.15, 0.2) is 54.7 Å². The minimum Gasteiger partial charge on any atom is -0.383 e. The van der Waals surface area contributed by atoms with Gasteiger partial charge in [-0.15, -0.1) is 0 Å². The topological polar surface area (TPSA) is 83.1 Å². The average molecular weight is 511 g/mol. The third kappa shape index (κ3) is 6.42. The van der Waals surface area contributed by atoms with Gasteiger partial charge in [-0.05, 0) is 42.5 Å². The van der Waals surface area contributed by atoms with Crippen molar-refractivity contribution >= 4 is 46.3 Å². The molecule has 1 aromatic heterocycles. The van der Waals surface area contributed by atoms with E-state index in [1.54, 1.807) is 25.3 Å². The lowest BCUT2D eigenvalue weighted by molar-refractivity contribution is 0.0744. The summed E-state index contributed by atoms with van der Waals surface area (Å²) in [7, 11) is 5.31. The maximum Gasteiger partial charge on any atom is 0.253 e. The maximum atomic E-state index is 13.2. The molecule has 1 aliphatic rings. The summed E-state index contributed by atoms with van der Waals surface area (Å²) in [5.41, 5.74) is 3.16. The summed E-state index contributed by atoms with van der Waals surface area (Å²) in [6, 6.07) is 15.2. The number of aromatic nitrogens is 2. The molecule has 1 fully saturated rings. The number of nitrogens with one attached hydrogen (secondary N) is 1. The molecule has 0 radical (unpaired) electrons. The van der Waals surface area contributed by atoms with Gasteiger partial charge in [-0.3, -0.25) is 4.79 Å². The van der Waals surface area contributed by atoms with Gasteiger partial charge in [0.2, 0.25) is 5.95 Å². The van der Waals surface area contributed by atoms with Crippen LogP contribution in [-0.4, -0.2) is 81.4 Å².